The van der Waals surface area contributed by atoms with E-state index in [1.807, 2.05) is 42.6 Å². The highest BCUT2D eigenvalue weighted by Crippen LogP contribution is 2.34. The molecule has 4 heterocycles. The molecule has 31 heavy (non-hydrogen) atoms. The molecular formula is C24H26ClN5O. The summed E-state index contributed by atoms with van der Waals surface area (Å²) in [6.07, 6.45) is 0. The molecule has 0 aliphatic carbocycles. The Morgan fingerprint density at radius 3 is 2.45 bits per heavy atom. The lowest BCUT2D eigenvalue weighted by Gasteiger charge is -2.37. The van der Waals surface area contributed by atoms with Crippen molar-refractivity contribution in [3.8, 4) is 28.1 Å². The van der Waals surface area contributed by atoms with E-state index in [2.05, 4.69) is 45.3 Å². The summed E-state index contributed by atoms with van der Waals surface area (Å²) in [5.41, 5.74) is 7.50. The van der Waals surface area contributed by atoms with Gasteiger partial charge in [0, 0.05) is 30.3 Å². The van der Waals surface area contributed by atoms with Crippen LogP contribution in [0.2, 0.25) is 0 Å². The van der Waals surface area contributed by atoms with Crippen LogP contribution in [0.4, 0.5) is 0 Å². The zero-order valence-corrected chi connectivity index (χ0v) is 18.7. The fraction of sp³-hybridized carbons (Fsp3) is 0.292. The molecule has 0 radical (unpaired) electrons. The maximum Gasteiger partial charge on any atom is 0.125 e. The third kappa shape index (κ3) is 3.89. The molecule has 0 saturated carbocycles. The smallest absolute Gasteiger partial charge is 0.125 e. The molecule has 1 fully saturated rings. The molecule has 160 valence electrons. The van der Waals surface area contributed by atoms with Crippen molar-refractivity contribution in [3.05, 3.63) is 65.6 Å². The Morgan fingerprint density at radius 1 is 0.968 bits per heavy atom. The molecule has 1 N–H and O–H groups in total. The lowest BCUT2D eigenvalue weighted by molar-refractivity contribution is 0.154. The van der Waals surface area contributed by atoms with Crippen LogP contribution >= 0.6 is 12.4 Å². The zero-order valence-electron chi connectivity index (χ0n) is 17.9. The second-order valence-corrected chi connectivity index (χ2v) is 8.13. The topological polar surface area (TPSA) is 66.5 Å². The largest absolute Gasteiger partial charge is 0.507 e. The highest BCUT2D eigenvalue weighted by Gasteiger charge is 2.28. The minimum atomic E-state index is 0. The van der Waals surface area contributed by atoms with Crippen LogP contribution in [0.15, 0.2) is 48.5 Å². The van der Waals surface area contributed by atoms with Crippen LogP contribution < -0.4 is 0 Å². The van der Waals surface area contributed by atoms with Crippen molar-refractivity contribution in [1.82, 2.24) is 24.7 Å². The molecule has 4 aromatic rings. The number of aryl methyl sites for hydroxylation is 2. The molecule has 7 heteroatoms. The van der Waals surface area contributed by atoms with Crippen molar-refractivity contribution in [2.75, 3.05) is 19.6 Å². The highest BCUT2D eigenvalue weighted by atomic mass is 35.5. The van der Waals surface area contributed by atoms with Gasteiger partial charge in [0.2, 0.25) is 0 Å². The number of pyridine rings is 1. The first-order valence-electron chi connectivity index (χ1n) is 10.4. The summed E-state index contributed by atoms with van der Waals surface area (Å²) in [6.45, 7) is 9.37. The number of hydrogen-bond acceptors (Lipinski definition) is 5. The fourth-order valence-electron chi connectivity index (χ4n) is 4.21. The predicted octanol–water partition coefficient (Wildman–Crippen LogP) is 4.62. The Hall–Kier alpha value is -2.96. The minimum absolute atomic E-state index is 0. The number of hydrogen-bond donors (Lipinski definition) is 1. The average Bonchev–Trinajstić information content (AvgIpc) is 3.09. The van der Waals surface area contributed by atoms with Crippen LogP contribution in [0.3, 0.4) is 0 Å². The Morgan fingerprint density at radius 2 is 1.77 bits per heavy atom. The summed E-state index contributed by atoms with van der Waals surface area (Å²) in [5.74, 6) is 0.672. The van der Waals surface area contributed by atoms with Crippen molar-refractivity contribution in [2.24, 2.45) is 0 Å². The molecule has 0 atom stereocenters. The lowest BCUT2D eigenvalue weighted by atomic mass is 9.96. The molecule has 5 rings (SSSR count). The van der Waals surface area contributed by atoms with E-state index in [9.17, 15) is 5.11 Å². The molecule has 0 unspecified atom stereocenters. The molecule has 1 aliphatic heterocycles. The molecule has 0 spiro atoms. The maximum atomic E-state index is 10.7. The number of aromatic hydroxyl groups is 1. The normalized spacial score (nSPS) is 14.4. The van der Waals surface area contributed by atoms with E-state index in [0.29, 0.717) is 17.2 Å². The Bertz CT molecular complexity index is 1230. The summed E-state index contributed by atoms with van der Waals surface area (Å²) >= 11 is 0. The Kier molecular flexibility index (Phi) is 5.69. The van der Waals surface area contributed by atoms with Gasteiger partial charge in [0.25, 0.3) is 0 Å². The average molecular weight is 436 g/mol. The van der Waals surface area contributed by atoms with Crippen LogP contribution in [0.5, 0.6) is 5.75 Å². The van der Waals surface area contributed by atoms with Crippen LogP contribution in [-0.2, 0) is 0 Å². The molecule has 3 aromatic heterocycles. The number of halogens is 1. The van der Waals surface area contributed by atoms with Gasteiger partial charge in [-0.2, -0.15) is 15.3 Å². The van der Waals surface area contributed by atoms with Gasteiger partial charge in [-0.15, -0.1) is 12.4 Å². The molecule has 1 aliphatic rings. The van der Waals surface area contributed by atoms with Gasteiger partial charge in [-0.05, 0) is 74.0 Å². The number of fused-ring (bicyclic) bond motifs is 1. The number of aromatic nitrogens is 4. The Balaban J connectivity index is 0.00000231. The quantitative estimate of drug-likeness (QED) is 0.506. The van der Waals surface area contributed by atoms with Gasteiger partial charge in [0.1, 0.15) is 5.75 Å². The second-order valence-electron chi connectivity index (χ2n) is 8.13. The molecule has 1 aromatic carbocycles. The monoisotopic (exact) mass is 435 g/mol. The summed E-state index contributed by atoms with van der Waals surface area (Å²) in [4.78, 5) is 2.38. The third-order valence-electron chi connectivity index (χ3n) is 5.98. The van der Waals surface area contributed by atoms with Gasteiger partial charge in [-0.3, -0.25) is 0 Å². The number of rotatable bonds is 4. The van der Waals surface area contributed by atoms with Crippen molar-refractivity contribution in [2.45, 2.75) is 26.7 Å². The first kappa shape index (κ1) is 21.3. The van der Waals surface area contributed by atoms with Crippen LogP contribution in [0.1, 0.15) is 29.9 Å². The van der Waals surface area contributed by atoms with E-state index in [1.54, 1.807) is 6.07 Å². The number of likely N-dealkylation sites (tertiary alicyclic amines) is 1. The highest BCUT2D eigenvalue weighted by molar-refractivity contribution is 5.85. The number of phenols is 1. The summed E-state index contributed by atoms with van der Waals surface area (Å²) in [7, 11) is 0. The predicted molar refractivity (Wildman–Crippen MR) is 125 cm³/mol. The van der Waals surface area contributed by atoms with Crippen LogP contribution in [0.25, 0.3) is 27.9 Å². The first-order valence-corrected chi connectivity index (χ1v) is 10.4. The van der Waals surface area contributed by atoms with Gasteiger partial charge in [-0.25, -0.2) is 4.52 Å². The van der Waals surface area contributed by atoms with Crippen LogP contribution in [-0.4, -0.2) is 49.5 Å². The van der Waals surface area contributed by atoms with Gasteiger partial charge >= 0.3 is 0 Å². The van der Waals surface area contributed by atoms with E-state index >= 15 is 0 Å². The Labute approximate surface area is 188 Å². The van der Waals surface area contributed by atoms with Gasteiger partial charge < -0.3 is 10.0 Å². The van der Waals surface area contributed by atoms with Crippen molar-refractivity contribution >= 4 is 17.9 Å². The zero-order chi connectivity index (χ0) is 20.8. The van der Waals surface area contributed by atoms with Gasteiger partial charge in [-0.1, -0.05) is 13.0 Å². The minimum Gasteiger partial charge on any atom is -0.507 e. The van der Waals surface area contributed by atoms with Crippen molar-refractivity contribution < 1.29 is 5.11 Å². The third-order valence-corrected chi connectivity index (χ3v) is 5.98. The number of nitrogens with zero attached hydrogens (tertiary/aromatic N) is 5. The summed E-state index contributed by atoms with van der Waals surface area (Å²) in [5, 5.41) is 24.0. The molecule has 6 nitrogen and oxygen atoms in total. The van der Waals surface area contributed by atoms with Gasteiger partial charge in [0.05, 0.1) is 22.6 Å². The van der Waals surface area contributed by atoms with E-state index in [-0.39, 0.29) is 18.2 Å². The van der Waals surface area contributed by atoms with E-state index < -0.39 is 0 Å². The molecular weight excluding hydrogens is 410 g/mol. The van der Waals surface area contributed by atoms with E-state index in [4.69, 9.17) is 0 Å². The maximum absolute atomic E-state index is 10.7. The molecule has 1 saturated heterocycles. The summed E-state index contributed by atoms with van der Waals surface area (Å²) in [6, 6.07) is 16.0. The van der Waals surface area contributed by atoms with Gasteiger partial charge in [0.15, 0.2) is 0 Å². The van der Waals surface area contributed by atoms with Crippen molar-refractivity contribution in [3.63, 3.8) is 0 Å². The van der Waals surface area contributed by atoms with E-state index in [0.717, 1.165) is 53.4 Å². The van der Waals surface area contributed by atoms with E-state index in [1.165, 1.54) is 0 Å². The number of benzene rings is 1. The lowest BCUT2D eigenvalue weighted by Crippen LogP contribution is -2.44. The second kappa shape index (κ2) is 8.29. The summed E-state index contributed by atoms with van der Waals surface area (Å²) < 4.78 is 1.94. The fourth-order valence-corrected chi connectivity index (χ4v) is 4.21. The van der Waals surface area contributed by atoms with Crippen LogP contribution in [0, 0.1) is 13.8 Å². The SMILES string of the molecule is CCN1CC(c2ccc(-c3ccc(-c4cc(C)n5nc(C)cc5c4)cc3O)nn2)C1.Cl. The first-order chi connectivity index (χ1) is 14.5. The number of likely N-dealkylation sites (N-methyl/N-ethyl adjacent to an activating group) is 1. The molecule has 0 amide bonds. The van der Waals surface area contributed by atoms with Crippen molar-refractivity contribution in [1.29, 1.82) is 0 Å². The molecule has 0 bridgehead atoms. The number of phenolic OH excluding ortho intramolecular Hbond substituents is 1. The standard InChI is InChI=1S/C24H25N5O.ClH/c1-4-28-13-19(14-28)22-7-8-23(26-25-22)21-6-5-17(12-24(21)30)18-10-16(3)29-20(11-18)9-15(2)27-29;/h5-12,19,30H,4,13-14H2,1-3H3;1H.